The molecule has 106 valence electrons. The Labute approximate surface area is 117 Å². The molecule has 0 saturated heterocycles. The van der Waals surface area contributed by atoms with E-state index in [1.165, 1.54) is 18.3 Å². The van der Waals surface area contributed by atoms with Crippen molar-refractivity contribution in [3.63, 3.8) is 0 Å². The highest BCUT2D eigenvalue weighted by atomic mass is 35.5. The van der Waals surface area contributed by atoms with Crippen molar-refractivity contribution >= 4 is 24.0 Å². The van der Waals surface area contributed by atoms with Crippen LogP contribution in [0, 0.1) is 5.82 Å². The molecule has 0 atom stereocenters. The monoisotopic (exact) mass is 304 g/mol. The van der Waals surface area contributed by atoms with E-state index in [1.54, 1.807) is 0 Å². The van der Waals surface area contributed by atoms with Crippen LogP contribution in [0.15, 0.2) is 36.7 Å². The molecule has 0 fully saturated rings. The van der Waals surface area contributed by atoms with Gasteiger partial charge >= 0.3 is 6.98 Å². The van der Waals surface area contributed by atoms with Crippen molar-refractivity contribution in [1.29, 1.82) is 0 Å². The number of aromatic nitrogens is 1. The topological polar surface area (TPSA) is 22.1 Å². The molecule has 1 aromatic heterocycles. The summed E-state index contributed by atoms with van der Waals surface area (Å²) in [5, 5.41) is 0.147. The fourth-order valence-corrected chi connectivity index (χ4v) is 1.72. The first-order valence-corrected chi connectivity index (χ1v) is 5.95. The zero-order valence-corrected chi connectivity index (χ0v) is 10.7. The van der Waals surface area contributed by atoms with E-state index in [-0.39, 0.29) is 17.4 Å². The maximum Gasteiger partial charge on any atom is 0.511 e. The van der Waals surface area contributed by atoms with Gasteiger partial charge in [-0.2, -0.15) is 0 Å². The maximum absolute atomic E-state index is 12.8. The lowest BCUT2D eigenvalue weighted by molar-refractivity contribution is 0.305. The number of hydrogen-bond acceptors (Lipinski definition) is 2. The van der Waals surface area contributed by atoms with Crippen molar-refractivity contribution in [1.82, 2.24) is 4.98 Å². The second kappa shape index (κ2) is 5.70. The minimum atomic E-state index is -5.13. The SMILES string of the molecule is Fc1ccc(COc2cncc([B-](F)(F)F)c2)c(Cl)c1. The van der Waals surface area contributed by atoms with E-state index in [0.29, 0.717) is 5.56 Å². The van der Waals surface area contributed by atoms with Crippen LogP contribution < -0.4 is 10.2 Å². The molecule has 2 aromatic rings. The lowest BCUT2D eigenvalue weighted by Gasteiger charge is -2.15. The van der Waals surface area contributed by atoms with Crippen molar-refractivity contribution in [2.24, 2.45) is 0 Å². The minimum absolute atomic E-state index is 0.0258. The summed E-state index contributed by atoms with van der Waals surface area (Å²) >= 11 is 5.79. The quantitative estimate of drug-likeness (QED) is 0.637. The van der Waals surface area contributed by atoms with Crippen molar-refractivity contribution in [3.05, 3.63) is 53.1 Å². The Morgan fingerprint density at radius 1 is 1.15 bits per heavy atom. The number of hydrogen-bond donors (Lipinski definition) is 0. The van der Waals surface area contributed by atoms with Gasteiger partial charge in [0.25, 0.3) is 0 Å². The van der Waals surface area contributed by atoms with Crippen molar-refractivity contribution in [2.45, 2.75) is 6.61 Å². The average Bonchev–Trinajstić information content (AvgIpc) is 2.37. The molecule has 1 aromatic carbocycles. The van der Waals surface area contributed by atoms with Gasteiger partial charge in [0, 0.05) is 11.8 Å². The zero-order valence-electron chi connectivity index (χ0n) is 9.99. The van der Waals surface area contributed by atoms with Crippen LogP contribution in [0.25, 0.3) is 0 Å². The molecular formula is C12H8BClF4NO-. The molecule has 2 rings (SSSR count). The second-order valence-electron chi connectivity index (χ2n) is 4.05. The molecule has 0 amide bonds. The van der Waals surface area contributed by atoms with Crippen LogP contribution in [0.3, 0.4) is 0 Å². The number of rotatable bonds is 4. The maximum atomic E-state index is 12.8. The molecule has 0 aliphatic rings. The summed E-state index contributed by atoms with van der Waals surface area (Å²) in [6, 6.07) is 4.57. The van der Waals surface area contributed by atoms with Gasteiger partial charge in [0.15, 0.2) is 0 Å². The van der Waals surface area contributed by atoms with Gasteiger partial charge in [0.2, 0.25) is 0 Å². The van der Waals surface area contributed by atoms with Gasteiger partial charge in [-0.25, -0.2) is 4.39 Å². The Balaban J connectivity index is 2.11. The largest absolute Gasteiger partial charge is 0.511 e. The second-order valence-corrected chi connectivity index (χ2v) is 4.46. The normalized spacial score (nSPS) is 11.4. The summed E-state index contributed by atoms with van der Waals surface area (Å²) in [7, 11) is 0. The summed E-state index contributed by atoms with van der Waals surface area (Å²) in [5.74, 6) is -0.524. The summed E-state index contributed by atoms with van der Waals surface area (Å²) in [6.45, 7) is -5.20. The van der Waals surface area contributed by atoms with Gasteiger partial charge in [0.1, 0.15) is 18.2 Å². The molecule has 0 bridgehead atoms. The Hall–Kier alpha value is -1.76. The van der Waals surface area contributed by atoms with Crippen molar-refractivity contribution < 1.29 is 22.1 Å². The molecule has 2 nitrogen and oxygen atoms in total. The van der Waals surface area contributed by atoms with Crippen LogP contribution in [0.1, 0.15) is 5.56 Å². The Morgan fingerprint density at radius 2 is 1.90 bits per heavy atom. The number of benzene rings is 1. The van der Waals surface area contributed by atoms with E-state index in [1.807, 2.05) is 0 Å². The number of ether oxygens (including phenoxy) is 1. The third-order valence-corrected chi connectivity index (χ3v) is 2.87. The Kier molecular flexibility index (Phi) is 4.18. The van der Waals surface area contributed by atoms with Crippen LogP contribution in [0.5, 0.6) is 5.75 Å². The van der Waals surface area contributed by atoms with Crippen LogP contribution >= 0.6 is 11.6 Å². The Morgan fingerprint density at radius 3 is 2.55 bits per heavy atom. The van der Waals surface area contributed by atoms with Crippen LogP contribution in [-0.2, 0) is 6.61 Å². The first-order chi connectivity index (χ1) is 9.36. The Bertz CT molecular complexity index is 621. The highest BCUT2D eigenvalue weighted by molar-refractivity contribution is 6.73. The van der Waals surface area contributed by atoms with Gasteiger partial charge in [0.05, 0.1) is 11.2 Å². The van der Waals surface area contributed by atoms with E-state index in [2.05, 4.69) is 4.98 Å². The molecule has 20 heavy (non-hydrogen) atoms. The fraction of sp³-hybridized carbons (Fsp3) is 0.0833. The lowest BCUT2D eigenvalue weighted by Crippen LogP contribution is -2.34. The smallest absolute Gasteiger partial charge is 0.487 e. The van der Waals surface area contributed by atoms with E-state index in [0.717, 1.165) is 18.3 Å². The van der Waals surface area contributed by atoms with Gasteiger partial charge in [-0.15, -0.1) is 0 Å². The van der Waals surface area contributed by atoms with Gasteiger partial charge in [-0.05, 0) is 18.2 Å². The molecule has 0 radical (unpaired) electrons. The predicted molar refractivity (Wildman–Crippen MR) is 68.7 cm³/mol. The number of halogens is 5. The fourth-order valence-electron chi connectivity index (χ4n) is 1.49. The molecular weight excluding hydrogens is 296 g/mol. The predicted octanol–water partition coefficient (Wildman–Crippen LogP) is 3.51. The molecule has 0 unspecified atom stereocenters. The van der Waals surface area contributed by atoms with Gasteiger partial charge < -0.3 is 17.7 Å². The molecule has 0 N–H and O–H groups in total. The van der Waals surface area contributed by atoms with Gasteiger partial charge in [-0.1, -0.05) is 23.1 Å². The molecule has 0 saturated carbocycles. The van der Waals surface area contributed by atoms with E-state index in [9.17, 15) is 17.3 Å². The standard InChI is InChI=1S/C12H8BClF4NO/c14-12-4-10(15)2-1-8(12)7-20-11-3-9(5-19-6-11)13(16,17)18/h1-6H,7H2/q-1. The minimum Gasteiger partial charge on any atom is -0.487 e. The number of pyridine rings is 1. The third-order valence-electron chi connectivity index (χ3n) is 2.52. The van der Waals surface area contributed by atoms with Crippen molar-refractivity contribution in [2.75, 3.05) is 0 Å². The first-order valence-electron chi connectivity index (χ1n) is 5.58. The molecule has 0 aliphatic carbocycles. The summed E-state index contributed by atoms with van der Waals surface area (Å²) in [5.41, 5.74) is -0.372. The summed E-state index contributed by atoms with van der Waals surface area (Å²) in [6.07, 6.45) is 1.90. The highest BCUT2D eigenvalue weighted by Crippen LogP contribution is 2.20. The molecule has 0 spiro atoms. The van der Waals surface area contributed by atoms with Gasteiger partial charge in [-0.3, -0.25) is 4.98 Å². The number of nitrogens with zero attached hydrogens (tertiary/aromatic N) is 1. The summed E-state index contributed by atoms with van der Waals surface area (Å²) < 4.78 is 55.7. The van der Waals surface area contributed by atoms with Crippen LogP contribution in [0.4, 0.5) is 17.3 Å². The lowest BCUT2D eigenvalue weighted by atomic mass is 9.81. The molecule has 8 heteroatoms. The van der Waals surface area contributed by atoms with Crippen molar-refractivity contribution in [3.8, 4) is 5.75 Å². The molecule has 0 aliphatic heterocycles. The first kappa shape index (κ1) is 14.6. The zero-order chi connectivity index (χ0) is 14.8. The summed E-state index contributed by atoms with van der Waals surface area (Å²) in [4.78, 5) is 3.48. The van der Waals surface area contributed by atoms with Crippen LogP contribution in [0.2, 0.25) is 5.02 Å². The van der Waals surface area contributed by atoms with E-state index >= 15 is 0 Å². The highest BCUT2D eigenvalue weighted by Gasteiger charge is 2.26. The van der Waals surface area contributed by atoms with E-state index in [4.69, 9.17) is 16.3 Å². The van der Waals surface area contributed by atoms with Crippen LogP contribution in [-0.4, -0.2) is 12.0 Å². The third kappa shape index (κ3) is 3.63. The molecule has 1 heterocycles. The average molecular weight is 304 g/mol. The van der Waals surface area contributed by atoms with E-state index < -0.39 is 18.3 Å².